The zero-order valence-corrected chi connectivity index (χ0v) is 25.5. The van der Waals surface area contributed by atoms with Crippen LogP contribution in [0.3, 0.4) is 0 Å². The van der Waals surface area contributed by atoms with Crippen molar-refractivity contribution in [3.05, 3.63) is 47.5 Å². The molecule has 12 atom stereocenters. The zero-order chi connectivity index (χ0) is 28.4. The van der Waals surface area contributed by atoms with Gasteiger partial charge < -0.3 is 19.5 Å². The molecule has 222 valence electrons. The number of nitrogens with zero attached hydrogens (tertiary/aromatic N) is 1. The molecule has 4 saturated carbocycles. The third-order valence-electron chi connectivity index (χ3n) is 14.3. The van der Waals surface area contributed by atoms with Gasteiger partial charge in [-0.3, -0.25) is 0 Å². The number of aliphatic hydroxyl groups excluding tert-OH is 1. The van der Waals surface area contributed by atoms with Gasteiger partial charge >= 0.3 is 6.09 Å². The number of hydrogen-bond donors (Lipinski definition) is 1. The van der Waals surface area contributed by atoms with Crippen molar-refractivity contribution in [2.24, 2.45) is 45.8 Å². The molecule has 5 nitrogen and oxygen atoms in total. The van der Waals surface area contributed by atoms with E-state index in [1.807, 2.05) is 30.3 Å². The van der Waals surface area contributed by atoms with Crippen molar-refractivity contribution < 1.29 is 19.4 Å². The second-order valence-electron chi connectivity index (χ2n) is 15.9. The summed E-state index contributed by atoms with van der Waals surface area (Å²) in [5.41, 5.74) is 3.23. The summed E-state index contributed by atoms with van der Waals surface area (Å²) < 4.78 is 13.3. The first-order valence-electron chi connectivity index (χ1n) is 16.6. The lowest BCUT2D eigenvalue weighted by atomic mass is 9.56. The van der Waals surface area contributed by atoms with Crippen molar-refractivity contribution in [1.29, 1.82) is 0 Å². The molecule has 2 saturated heterocycles. The van der Waals surface area contributed by atoms with Gasteiger partial charge in [-0.15, -0.1) is 0 Å². The van der Waals surface area contributed by atoms with Gasteiger partial charge in [-0.25, -0.2) is 4.79 Å². The van der Waals surface area contributed by atoms with E-state index >= 15 is 0 Å². The standard InChI is InChI=1S/C36H49NO4/c1-22-16-30-31(37(19-22)32(39)40-20-24-8-6-5-7-9-24)23(2)36(41-30)15-13-28-27-11-10-25-17-26(38)12-14-33(25,3)29(27)18-35(28)21-34(35,36)4/h5-10,22-23,26-31,38H,11-21H2,1-4H3/t22-,23+,26-,27-,28-,29-,30+,31-,33-,34+,35+,36+/m0/s1. The van der Waals surface area contributed by atoms with Crippen molar-refractivity contribution in [2.45, 2.75) is 116 Å². The molecule has 1 N–H and O–H groups in total. The molecule has 1 aromatic rings. The van der Waals surface area contributed by atoms with Gasteiger partial charge in [-0.2, -0.15) is 0 Å². The molecule has 1 amide bonds. The maximum atomic E-state index is 13.6. The van der Waals surface area contributed by atoms with Crippen LogP contribution in [0.1, 0.15) is 91.0 Å². The highest BCUT2D eigenvalue weighted by atomic mass is 16.6. The lowest BCUT2D eigenvalue weighted by Gasteiger charge is -2.50. The molecule has 7 aliphatic rings. The quantitative estimate of drug-likeness (QED) is 0.392. The highest BCUT2D eigenvalue weighted by Crippen LogP contribution is 2.87. The lowest BCUT2D eigenvalue weighted by molar-refractivity contribution is -0.147. The Balaban J connectivity index is 1.06. The van der Waals surface area contributed by atoms with E-state index in [4.69, 9.17) is 9.47 Å². The second-order valence-corrected chi connectivity index (χ2v) is 15.9. The Morgan fingerprint density at radius 2 is 1.93 bits per heavy atom. The number of rotatable bonds is 2. The first kappa shape index (κ1) is 26.8. The average Bonchev–Trinajstić information content (AvgIpc) is 3.30. The molecule has 6 fully saturated rings. The van der Waals surface area contributed by atoms with Crippen LogP contribution in [-0.4, -0.2) is 46.5 Å². The van der Waals surface area contributed by atoms with Gasteiger partial charge in [0.15, 0.2) is 0 Å². The largest absolute Gasteiger partial charge is 0.445 e. The summed E-state index contributed by atoms with van der Waals surface area (Å²) >= 11 is 0. The molecule has 5 aliphatic carbocycles. The predicted molar refractivity (Wildman–Crippen MR) is 158 cm³/mol. The van der Waals surface area contributed by atoms with E-state index in [1.54, 1.807) is 5.57 Å². The van der Waals surface area contributed by atoms with Crippen molar-refractivity contribution in [3.8, 4) is 0 Å². The zero-order valence-electron chi connectivity index (χ0n) is 25.5. The normalized spacial score (nSPS) is 51.1. The summed E-state index contributed by atoms with van der Waals surface area (Å²) in [6.45, 7) is 10.9. The molecule has 0 aromatic heterocycles. The molecule has 5 heteroatoms. The average molecular weight is 560 g/mol. The van der Waals surface area contributed by atoms with Gasteiger partial charge in [0.25, 0.3) is 0 Å². The van der Waals surface area contributed by atoms with Crippen LogP contribution < -0.4 is 0 Å². The van der Waals surface area contributed by atoms with Crippen molar-refractivity contribution in [2.75, 3.05) is 6.54 Å². The summed E-state index contributed by atoms with van der Waals surface area (Å²) in [7, 11) is 0. The number of aliphatic hydroxyl groups is 1. The van der Waals surface area contributed by atoms with Crippen LogP contribution in [0.15, 0.2) is 42.0 Å². The predicted octanol–water partition coefficient (Wildman–Crippen LogP) is 7.13. The molecule has 2 heterocycles. The van der Waals surface area contributed by atoms with E-state index in [2.05, 4.69) is 38.7 Å². The van der Waals surface area contributed by atoms with Crippen LogP contribution in [0, 0.1) is 45.8 Å². The fourth-order valence-corrected chi connectivity index (χ4v) is 12.3. The monoisotopic (exact) mass is 559 g/mol. The van der Waals surface area contributed by atoms with E-state index < -0.39 is 0 Å². The maximum absolute atomic E-state index is 13.6. The third-order valence-corrected chi connectivity index (χ3v) is 14.3. The number of fused-ring (bicyclic) bond motifs is 6. The van der Waals surface area contributed by atoms with Crippen molar-refractivity contribution in [1.82, 2.24) is 4.90 Å². The Morgan fingerprint density at radius 1 is 1.12 bits per heavy atom. The number of ether oxygens (including phenoxy) is 2. The Labute approximate surface area is 246 Å². The first-order valence-corrected chi connectivity index (χ1v) is 16.6. The number of benzene rings is 1. The number of likely N-dealkylation sites (tertiary alicyclic amines) is 1. The SMILES string of the molecule is C[C@H]1C[C@H]2O[C@]3(CC[C@H]4[C@@H]5CC=C6C[C@@H](O)CC[C@]6(C)[C@H]5C[C@@]45C[C@]53C)[C@H](C)[C@@H]2N(C(=O)OCc2ccccc2)C1. The number of allylic oxidation sites excluding steroid dienone is 1. The Hall–Kier alpha value is -1.85. The van der Waals surface area contributed by atoms with E-state index in [0.717, 1.165) is 62.0 Å². The Morgan fingerprint density at radius 3 is 2.73 bits per heavy atom. The molecule has 1 aromatic carbocycles. The minimum Gasteiger partial charge on any atom is -0.445 e. The van der Waals surface area contributed by atoms with Crippen LogP contribution in [0.2, 0.25) is 0 Å². The number of hydrogen-bond acceptors (Lipinski definition) is 4. The smallest absolute Gasteiger partial charge is 0.410 e. The Bertz CT molecular complexity index is 1260. The number of carbonyl (C=O) groups excluding carboxylic acids is 1. The Kier molecular flexibility index (Phi) is 5.77. The molecular formula is C36H49NO4. The van der Waals surface area contributed by atoms with Crippen molar-refractivity contribution >= 4 is 6.09 Å². The second kappa shape index (κ2) is 8.85. The van der Waals surface area contributed by atoms with Gasteiger partial charge in [-0.1, -0.05) is 69.7 Å². The van der Waals surface area contributed by atoms with Gasteiger partial charge in [-0.05, 0) is 97.9 Å². The lowest BCUT2D eigenvalue weighted by Crippen LogP contribution is -2.56. The minimum absolute atomic E-state index is 0.0924. The minimum atomic E-state index is -0.176. The number of amides is 1. The third kappa shape index (κ3) is 3.45. The molecule has 8 rings (SSSR count). The molecule has 41 heavy (non-hydrogen) atoms. The van der Waals surface area contributed by atoms with Crippen LogP contribution in [0.4, 0.5) is 4.79 Å². The summed E-state index contributed by atoms with van der Waals surface area (Å²) in [4.78, 5) is 15.7. The number of piperidine rings is 1. The van der Waals surface area contributed by atoms with E-state index in [9.17, 15) is 9.90 Å². The summed E-state index contributed by atoms with van der Waals surface area (Å²) in [6.07, 6.45) is 12.5. The summed E-state index contributed by atoms with van der Waals surface area (Å²) in [6, 6.07) is 10.1. The maximum Gasteiger partial charge on any atom is 0.410 e. The highest BCUT2D eigenvalue weighted by molar-refractivity contribution is 5.68. The van der Waals surface area contributed by atoms with Crippen LogP contribution in [0.25, 0.3) is 0 Å². The van der Waals surface area contributed by atoms with Crippen LogP contribution in [0.5, 0.6) is 0 Å². The topological polar surface area (TPSA) is 59.0 Å². The molecule has 0 radical (unpaired) electrons. The van der Waals surface area contributed by atoms with Gasteiger partial charge in [0.05, 0.1) is 23.9 Å². The highest BCUT2D eigenvalue weighted by Gasteiger charge is 2.84. The molecule has 0 unspecified atom stereocenters. The summed E-state index contributed by atoms with van der Waals surface area (Å²) in [5.74, 6) is 3.00. The first-order chi connectivity index (χ1) is 19.6. The molecular weight excluding hydrogens is 510 g/mol. The van der Waals surface area contributed by atoms with Gasteiger partial charge in [0, 0.05) is 17.9 Å². The molecule has 2 aliphatic heterocycles. The van der Waals surface area contributed by atoms with Crippen LogP contribution in [-0.2, 0) is 16.1 Å². The van der Waals surface area contributed by atoms with Gasteiger partial charge in [0.2, 0.25) is 0 Å². The van der Waals surface area contributed by atoms with E-state index in [-0.39, 0.29) is 40.8 Å². The fraction of sp³-hybridized carbons (Fsp3) is 0.750. The van der Waals surface area contributed by atoms with E-state index in [0.29, 0.717) is 23.9 Å². The number of carbonyl (C=O) groups is 1. The molecule has 2 spiro atoms. The summed E-state index contributed by atoms with van der Waals surface area (Å²) in [5, 5.41) is 10.5. The van der Waals surface area contributed by atoms with Gasteiger partial charge in [0.1, 0.15) is 6.61 Å². The molecule has 0 bridgehead atoms. The fourth-order valence-electron chi connectivity index (χ4n) is 12.3. The van der Waals surface area contributed by atoms with Crippen molar-refractivity contribution in [3.63, 3.8) is 0 Å². The van der Waals surface area contributed by atoms with Crippen LogP contribution >= 0.6 is 0 Å². The van der Waals surface area contributed by atoms with E-state index in [1.165, 1.54) is 25.7 Å².